The number of aryl methyl sites for hydroxylation is 1. The van der Waals surface area contributed by atoms with Crippen molar-refractivity contribution in [2.24, 2.45) is 0 Å². The van der Waals surface area contributed by atoms with Crippen molar-refractivity contribution in [1.29, 1.82) is 0 Å². The summed E-state index contributed by atoms with van der Waals surface area (Å²) in [6.45, 7) is 0.806. The van der Waals surface area contributed by atoms with Crippen LogP contribution in [0, 0.1) is 6.92 Å². The number of aliphatic hydroxyl groups excluding tert-OH is 4. The normalized spacial score (nSPS) is 13.2. The predicted molar refractivity (Wildman–Crippen MR) is 74.7 cm³/mol. The number of hydrogen-bond donors (Lipinski definition) is 5. The van der Waals surface area contributed by atoms with E-state index in [2.05, 4.69) is 5.32 Å². The molecule has 0 aliphatic rings. The number of aliphatic hydroxyl groups is 4. The number of para-hydroxylation sites is 1. The molecule has 0 heterocycles. The largest absolute Gasteiger partial charge is 0.491 e. The summed E-state index contributed by atoms with van der Waals surface area (Å²) in [4.78, 5) is 0. The van der Waals surface area contributed by atoms with Gasteiger partial charge >= 0.3 is 0 Å². The minimum atomic E-state index is -1.19. The third kappa shape index (κ3) is 4.73. The molecule has 5 N–H and O–H groups in total. The van der Waals surface area contributed by atoms with E-state index >= 15 is 0 Å². The van der Waals surface area contributed by atoms with Crippen molar-refractivity contribution >= 4 is 0 Å². The number of rotatable bonds is 9. The molecule has 1 aromatic rings. The lowest BCUT2D eigenvalue weighted by Gasteiger charge is -2.30. The lowest BCUT2D eigenvalue weighted by molar-refractivity contribution is 0.0260. The van der Waals surface area contributed by atoms with Crippen molar-refractivity contribution in [3.63, 3.8) is 0 Å². The molecule has 0 aromatic heterocycles. The van der Waals surface area contributed by atoms with Gasteiger partial charge in [-0.1, -0.05) is 18.2 Å². The summed E-state index contributed by atoms with van der Waals surface area (Å²) in [6.07, 6.45) is -0.821. The quantitative estimate of drug-likeness (QED) is 0.400. The summed E-state index contributed by atoms with van der Waals surface area (Å²) in [5, 5.41) is 40.0. The van der Waals surface area contributed by atoms with Gasteiger partial charge in [-0.25, -0.2) is 0 Å². The average molecular weight is 285 g/mol. The lowest BCUT2D eigenvalue weighted by atomic mass is 10.0. The molecule has 0 aliphatic heterocycles. The molecule has 0 radical (unpaired) electrons. The highest BCUT2D eigenvalue weighted by Gasteiger charge is 2.28. The monoisotopic (exact) mass is 285 g/mol. The van der Waals surface area contributed by atoms with E-state index in [0.29, 0.717) is 5.75 Å². The Morgan fingerprint density at radius 2 is 1.75 bits per heavy atom. The molecule has 114 valence electrons. The van der Waals surface area contributed by atoms with Crippen molar-refractivity contribution in [2.45, 2.75) is 18.6 Å². The van der Waals surface area contributed by atoms with Crippen molar-refractivity contribution in [3.05, 3.63) is 29.8 Å². The van der Waals surface area contributed by atoms with Gasteiger partial charge in [0.15, 0.2) is 0 Å². The van der Waals surface area contributed by atoms with Gasteiger partial charge in [-0.05, 0) is 18.6 Å². The summed E-state index contributed by atoms with van der Waals surface area (Å²) in [5.74, 6) is 0.698. The first-order chi connectivity index (χ1) is 9.56. The topological polar surface area (TPSA) is 102 Å². The van der Waals surface area contributed by atoms with Gasteiger partial charge in [0.25, 0.3) is 0 Å². The SMILES string of the molecule is Cc1ccccc1OCC(O)CNC(CO)(CO)CO. The van der Waals surface area contributed by atoms with Crippen molar-refractivity contribution in [3.8, 4) is 5.75 Å². The first-order valence-corrected chi connectivity index (χ1v) is 6.51. The summed E-state index contributed by atoms with van der Waals surface area (Å²) in [5.41, 5.74) is -0.216. The molecule has 1 unspecified atom stereocenters. The second-order valence-electron chi connectivity index (χ2n) is 4.87. The Labute approximate surface area is 118 Å². The smallest absolute Gasteiger partial charge is 0.122 e. The molecule has 6 heteroatoms. The molecule has 1 rings (SSSR count). The maximum atomic E-state index is 9.82. The van der Waals surface area contributed by atoms with E-state index in [9.17, 15) is 5.11 Å². The molecule has 0 amide bonds. The standard InChI is InChI=1S/C14H23NO5/c1-11-4-2-3-5-13(11)20-7-12(19)6-15-14(8-16,9-17)10-18/h2-5,12,15-19H,6-10H2,1H3. The number of nitrogens with one attached hydrogen (secondary N) is 1. The first-order valence-electron chi connectivity index (χ1n) is 6.51. The van der Waals surface area contributed by atoms with Crippen LogP contribution in [-0.4, -0.2) is 65.0 Å². The molecule has 0 saturated heterocycles. The number of hydrogen-bond acceptors (Lipinski definition) is 6. The van der Waals surface area contributed by atoms with Crippen LogP contribution >= 0.6 is 0 Å². The van der Waals surface area contributed by atoms with Crippen molar-refractivity contribution in [2.75, 3.05) is 33.0 Å². The van der Waals surface area contributed by atoms with Gasteiger partial charge in [0.2, 0.25) is 0 Å². The zero-order chi connectivity index (χ0) is 15.0. The van der Waals surface area contributed by atoms with Crippen LogP contribution in [0.3, 0.4) is 0 Å². The second-order valence-corrected chi connectivity index (χ2v) is 4.87. The molecule has 0 fully saturated rings. The molecule has 6 nitrogen and oxygen atoms in total. The summed E-state index contributed by atoms with van der Waals surface area (Å²) < 4.78 is 5.49. The van der Waals surface area contributed by atoms with Crippen LogP contribution in [0.4, 0.5) is 0 Å². The average Bonchev–Trinajstić information content (AvgIpc) is 2.48. The van der Waals surface area contributed by atoms with E-state index in [0.717, 1.165) is 5.56 Å². The minimum Gasteiger partial charge on any atom is -0.491 e. The Hall–Kier alpha value is -1.18. The van der Waals surface area contributed by atoms with Gasteiger partial charge in [0.1, 0.15) is 18.5 Å². The zero-order valence-corrected chi connectivity index (χ0v) is 11.6. The Kier molecular flexibility index (Phi) is 6.90. The van der Waals surface area contributed by atoms with E-state index in [-0.39, 0.29) is 13.2 Å². The third-order valence-corrected chi connectivity index (χ3v) is 3.15. The van der Waals surface area contributed by atoms with Crippen molar-refractivity contribution in [1.82, 2.24) is 5.32 Å². The molecule has 0 saturated carbocycles. The molecule has 0 spiro atoms. The molecule has 0 bridgehead atoms. The van der Waals surface area contributed by atoms with Crippen molar-refractivity contribution < 1.29 is 25.2 Å². The molecule has 20 heavy (non-hydrogen) atoms. The van der Waals surface area contributed by atoms with Crippen LogP contribution in [-0.2, 0) is 0 Å². The Morgan fingerprint density at radius 1 is 1.15 bits per heavy atom. The van der Waals surface area contributed by atoms with Crippen LogP contribution in [0.1, 0.15) is 5.56 Å². The van der Waals surface area contributed by atoms with Gasteiger partial charge < -0.3 is 30.5 Å². The minimum absolute atomic E-state index is 0.0796. The van der Waals surface area contributed by atoms with E-state index < -0.39 is 31.5 Å². The molecular formula is C14H23NO5. The fourth-order valence-electron chi connectivity index (χ4n) is 1.62. The van der Waals surface area contributed by atoms with E-state index in [4.69, 9.17) is 20.1 Å². The van der Waals surface area contributed by atoms with Crippen LogP contribution in [0.5, 0.6) is 5.75 Å². The third-order valence-electron chi connectivity index (χ3n) is 3.15. The van der Waals surface area contributed by atoms with Gasteiger partial charge in [-0.15, -0.1) is 0 Å². The Bertz CT molecular complexity index is 387. The van der Waals surface area contributed by atoms with E-state index in [1.54, 1.807) is 0 Å². The summed E-state index contributed by atoms with van der Waals surface area (Å²) in [6, 6.07) is 7.47. The predicted octanol–water partition coefficient (Wildman–Crippen LogP) is -0.960. The fourth-order valence-corrected chi connectivity index (χ4v) is 1.62. The van der Waals surface area contributed by atoms with E-state index in [1.165, 1.54) is 0 Å². The maximum absolute atomic E-state index is 9.82. The van der Waals surface area contributed by atoms with Crippen LogP contribution in [0.15, 0.2) is 24.3 Å². The molecule has 1 atom stereocenters. The highest BCUT2D eigenvalue weighted by molar-refractivity contribution is 5.31. The highest BCUT2D eigenvalue weighted by Crippen LogP contribution is 2.16. The van der Waals surface area contributed by atoms with E-state index in [1.807, 2.05) is 31.2 Å². The van der Waals surface area contributed by atoms with Gasteiger partial charge in [-0.2, -0.15) is 0 Å². The van der Waals surface area contributed by atoms with Crippen LogP contribution in [0.25, 0.3) is 0 Å². The number of ether oxygens (including phenoxy) is 1. The number of β-amino-alcohol motifs (C(OH)–C–C–N with tert-alkyl or cyclic N) is 1. The lowest BCUT2D eigenvalue weighted by Crippen LogP contribution is -2.57. The first kappa shape index (κ1) is 16.9. The summed E-state index contributed by atoms with van der Waals surface area (Å²) in [7, 11) is 0. The van der Waals surface area contributed by atoms with Crippen LogP contribution in [0.2, 0.25) is 0 Å². The second kappa shape index (κ2) is 8.18. The van der Waals surface area contributed by atoms with Gasteiger partial charge in [0.05, 0.1) is 25.4 Å². The maximum Gasteiger partial charge on any atom is 0.122 e. The van der Waals surface area contributed by atoms with Gasteiger partial charge in [-0.3, -0.25) is 0 Å². The Morgan fingerprint density at radius 3 is 2.30 bits per heavy atom. The molecular weight excluding hydrogens is 262 g/mol. The summed E-state index contributed by atoms with van der Waals surface area (Å²) >= 11 is 0. The zero-order valence-electron chi connectivity index (χ0n) is 11.6. The van der Waals surface area contributed by atoms with Gasteiger partial charge in [0, 0.05) is 6.54 Å². The number of benzene rings is 1. The molecule has 0 aliphatic carbocycles. The fraction of sp³-hybridized carbons (Fsp3) is 0.571. The molecule has 1 aromatic carbocycles. The highest BCUT2D eigenvalue weighted by atomic mass is 16.5. The van der Waals surface area contributed by atoms with Crippen LogP contribution < -0.4 is 10.1 Å². The Balaban J connectivity index is 2.41.